The molecule has 11 aromatic rings. The Bertz CT molecular complexity index is 2820. The van der Waals surface area contributed by atoms with Crippen molar-refractivity contribution in [2.75, 3.05) is 0 Å². The van der Waals surface area contributed by atoms with Gasteiger partial charge in [0.1, 0.15) is 0 Å². The first-order chi connectivity index (χ1) is 19.4. The molecule has 0 unspecified atom stereocenters. The predicted octanol–water partition coefficient (Wildman–Crippen LogP) is 10.4. The lowest BCUT2D eigenvalue weighted by molar-refractivity contribution is 1.37. The number of hydrogen-bond acceptors (Lipinski definition) is 1. The first-order valence-electron chi connectivity index (χ1n) is 13.5. The third-order valence-corrected chi connectivity index (χ3v) is 10.3. The Kier molecular flexibility index (Phi) is 3.07. The second kappa shape index (κ2) is 6.23. The van der Waals surface area contributed by atoms with Crippen molar-refractivity contribution in [3.05, 3.63) is 109 Å². The van der Waals surface area contributed by atoms with Crippen molar-refractivity contribution in [3.8, 4) is 0 Å². The summed E-state index contributed by atoms with van der Waals surface area (Å²) in [5, 5.41) is 13.5. The first-order valence-corrected chi connectivity index (χ1v) is 14.3. The van der Waals surface area contributed by atoms with E-state index in [2.05, 4.69) is 118 Å². The summed E-state index contributed by atoms with van der Waals surface area (Å²) in [6.45, 7) is 0. The molecular weight excluding hydrogens is 492 g/mol. The molecule has 0 saturated carbocycles. The molecule has 0 radical (unpaired) electrons. The van der Waals surface area contributed by atoms with Gasteiger partial charge in [-0.05, 0) is 30.3 Å². The highest BCUT2D eigenvalue weighted by molar-refractivity contribution is 7.26. The van der Waals surface area contributed by atoms with Crippen molar-refractivity contribution < 1.29 is 0 Å². The van der Waals surface area contributed by atoms with Gasteiger partial charge in [-0.15, -0.1) is 11.3 Å². The summed E-state index contributed by atoms with van der Waals surface area (Å²) in [5.74, 6) is 0. The standard InChI is InChI=1S/C36H18N2S/c1-4-13-26-19(8-1)25-18-28-31(33-22-9-2-5-14-27(22)37(26)36(25)33)24-12-7-11-20-21-16-17-30-32(35(21)38(28)34(20)24)23-10-3-6-15-29(23)39-30/h1-18H. The van der Waals surface area contributed by atoms with E-state index < -0.39 is 0 Å². The van der Waals surface area contributed by atoms with Gasteiger partial charge in [-0.25, -0.2) is 0 Å². The molecule has 2 nitrogen and oxygen atoms in total. The molecule has 11 rings (SSSR count). The number of benzene rings is 6. The molecule has 0 amide bonds. The first kappa shape index (κ1) is 19.2. The topological polar surface area (TPSA) is 8.82 Å². The zero-order chi connectivity index (χ0) is 25.0. The third-order valence-electron chi connectivity index (χ3n) is 9.15. The lowest BCUT2D eigenvalue weighted by Crippen LogP contribution is -1.83. The number of fused-ring (bicyclic) bond motifs is 17. The van der Waals surface area contributed by atoms with Gasteiger partial charge in [-0.2, -0.15) is 0 Å². The van der Waals surface area contributed by atoms with E-state index in [0.29, 0.717) is 0 Å². The fourth-order valence-corrected chi connectivity index (χ4v) is 8.87. The van der Waals surface area contributed by atoms with E-state index in [1.165, 1.54) is 96.4 Å². The van der Waals surface area contributed by atoms with Gasteiger partial charge >= 0.3 is 0 Å². The van der Waals surface area contributed by atoms with Crippen molar-refractivity contribution in [1.82, 2.24) is 8.80 Å². The Morgan fingerprint density at radius 2 is 1.03 bits per heavy atom. The van der Waals surface area contributed by atoms with Gasteiger partial charge in [0.2, 0.25) is 0 Å². The summed E-state index contributed by atoms with van der Waals surface area (Å²) in [4.78, 5) is 0. The fourth-order valence-electron chi connectivity index (χ4n) is 7.76. The highest BCUT2D eigenvalue weighted by atomic mass is 32.1. The Morgan fingerprint density at radius 1 is 0.359 bits per heavy atom. The van der Waals surface area contributed by atoms with E-state index in [4.69, 9.17) is 0 Å². The summed E-state index contributed by atoms with van der Waals surface area (Å²) in [6, 6.07) is 40.8. The number of hydrogen-bond donors (Lipinski definition) is 0. The molecule has 5 aromatic heterocycles. The maximum atomic E-state index is 2.60. The third kappa shape index (κ3) is 1.99. The van der Waals surface area contributed by atoms with Crippen LogP contribution in [-0.2, 0) is 0 Å². The van der Waals surface area contributed by atoms with Crippen LogP contribution in [0.2, 0.25) is 0 Å². The number of para-hydroxylation sites is 3. The average molecular weight is 511 g/mol. The van der Waals surface area contributed by atoms with Crippen LogP contribution in [0.3, 0.4) is 0 Å². The summed E-state index contributed by atoms with van der Waals surface area (Å²) in [5.41, 5.74) is 7.90. The van der Waals surface area contributed by atoms with Gasteiger partial charge in [0, 0.05) is 63.3 Å². The maximum Gasteiger partial charge on any atom is 0.0634 e. The number of thiophene rings is 1. The van der Waals surface area contributed by atoms with Crippen molar-refractivity contribution in [2.24, 2.45) is 0 Å². The Balaban J connectivity index is 1.55. The average Bonchev–Trinajstić information content (AvgIpc) is 3.76. The van der Waals surface area contributed by atoms with Crippen LogP contribution in [0.1, 0.15) is 0 Å². The smallest absolute Gasteiger partial charge is 0.0634 e. The second-order valence-electron chi connectivity index (χ2n) is 10.9. The minimum absolute atomic E-state index is 1.28. The molecule has 39 heavy (non-hydrogen) atoms. The van der Waals surface area contributed by atoms with Crippen LogP contribution < -0.4 is 0 Å². The molecule has 6 aromatic carbocycles. The molecule has 0 aliphatic carbocycles. The van der Waals surface area contributed by atoms with Crippen LogP contribution in [0.25, 0.3) is 96.4 Å². The van der Waals surface area contributed by atoms with Crippen LogP contribution in [0.15, 0.2) is 109 Å². The predicted molar refractivity (Wildman–Crippen MR) is 169 cm³/mol. The SMILES string of the molecule is c1ccc2c(c1)sc1ccc3c4cccc5c6c7c8ccccc8n8c9ccccc9c(cc6n(c45)c3c12)c78. The molecule has 5 heterocycles. The highest BCUT2D eigenvalue weighted by Crippen LogP contribution is 2.50. The van der Waals surface area contributed by atoms with E-state index >= 15 is 0 Å². The van der Waals surface area contributed by atoms with Crippen LogP contribution in [0, 0.1) is 0 Å². The van der Waals surface area contributed by atoms with Gasteiger partial charge in [-0.1, -0.05) is 78.9 Å². The number of rotatable bonds is 0. The Morgan fingerprint density at radius 3 is 1.92 bits per heavy atom. The second-order valence-corrected chi connectivity index (χ2v) is 12.0. The van der Waals surface area contributed by atoms with E-state index in [0.717, 1.165) is 0 Å². The summed E-state index contributed by atoms with van der Waals surface area (Å²) in [6.07, 6.45) is 0. The minimum Gasteiger partial charge on any atom is -0.308 e. The fraction of sp³-hybridized carbons (Fsp3) is 0. The van der Waals surface area contributed by atoms with Crippen molar-refractivity contribution >= 4 is 108 Å². The van der Waals surface area contributed by atoms with Gasteiger partial charge in [0.25, 0.3) is 0 Å². The molecule has 0 saturated heterocycles. The van der Waals surface area contributed by atoms with E-state index in [-0.39, 0.29) is 0 Å². The minimum atomic E-state index is 1.28. The van der Waals surface area contributed by atoms with Crippen molar-refractivity contribution in [3.63, 3.8) is 0 Å². The van der Waals surface area contributed by atoms with Crippen LogP contribution >= 0.6 is 11.3 Å². The zero-order valence-corrected chi connectivity index (χ0v) is 21.5. The molecule has 0 fully saturated rings. The molecule has 0 N–H and O–H groups in total. The largest absolute Gasteiger partial charge is 0.308 e. The maximum absolute atomic E-state index is 2.60. The number of nitrogens with zero attached hydrogens (tertiary/aromatic N) is 2. The van der Waals surface area contributed by atoms with Gasteiger partial charge in [-0.3, -0.25) is 0 Å². The van der Waals surface area contributed by atoms with E-state index in [1.807, 2.05) is 11.3 Å². The van der Waals surface area contributed by atoms with Gasteiger partial charge in [0.05, 0.1) is 33.1 Å². The number of aromatic nitrogens is 2. The summed E-state index contributed by atoms with van der Waals surface area (Å²) >= 11 is 1.90. The van der Waals surface area contributed by atoms with Crippen LogP contribution in [0.4, 0.5) is 0 Å². The quantitative estimate of drug-likeness (QED) is 0.192. The molecular formula is C36H18N2S. The molecule has 0 bridgehead atoms. The normalized spacial score (nSPS) is 13.1. The molecule has 3 heteroatoms. The highest BCUT2D eigenvalue weighted by Gasteiger charge is 2.26. The summed E-state index contributed by atoms with van der Waals surface area (Å²) in [7, 11) is 0. The zero-order valence-electron chi connectivity index (χ0n) is 20.7. The lowest BCUT2D eigenvalue weighted by atomic mass is 10.0. The van der Waals surface area contributed by atoms with E-state index in [9.17, 15) is 0 Å². The molecule has 0 aliphatic heterocycles. The Hall–Kier alpha value is -4.86. The van der Waals surface area contributed by atoms with Gasteiger partial charge in [0.15, 0.2) is 0 Å². The monoisotopic (exact) mass is 510 g/mol. The van der Waals surface area contributed by atoms with E-state index in [1.54, 1.807) is 0 Å². The van der Waals surface area contributed by atoms with Crippen LogP contribution in [-0.4, -0.2) is 8.80 Å². The summed E-state index contributed by atoms with van der Waals surface area (Å²) < 4.78 is 7.79. The molecule has 0 atom stereocenters. The van der Waals surface area contributed by atoms with Gasteiger partial charge < -0.3 is 8.80 Å². The lowest BCUT2D eigenvalue weighted by Gasteiger charge is -2.03. The van der Waals surface area contributed by atoms with Crippen molar-refractivity contribution in [2.45, 2.75) is 0 Å². The molecule has 178 valence electrons. The van der Waals surface area contributed by atoms with Crippen molar-refractivity contribution in [1.29, 1.82) is 0 Å². The molecule has 0 spiro atoms. The van der Waals surface area contributed by atoms with Crippen LogP contribution in [0.5, 0.6) is 0 Å². The Labute approximate surface area is 225 Å². The molecule has 0 aliphatic rings.